The van der Waals surface area contributed by atoms with Crippen LogP contribution in [0.2, 0.25) is 0 Å². The van der Waals surface area contributed by atoms with Crippen molar-refractivity contribution in [2.24, 2.45) is 17.8 Å². The quantitative estimate of drug-likeness (QED) is 0.0428. The lowest BCUT2D eigenvalue weighted by atomic mass is 9.90. The Morgan fingerprint density at radius 3 is 1.88 bits per heavy atom. The summed E-state index contributed by atoms with van der Waals surface area (Å²) in [5.41, 5.74) is 0. The Kier molecular flexibility index (Phi) is 27.0. The first-order chi connectivity index (χ1) is 23.2. The van der Waals surface area contributed by atoms with Crippen LogP contribution in [0.3, 0.4) is 0 Å². The Labute approximate surface area is 293 Å². The van der Waals surface area contributed by atoms with Crippen LogP contribution in [0.4, 0.5) is 0 Å². The summed E-state index contributed by atoms with van der Waals surface area (Å²) >= 11 is 0. The van der Waals surface area contributed by atoms with E-state index in [2.05, 4.69) is 20.8 Å². The van der Waals surface area contributed by atoms with Crippen molar-refractivity contribution in [3.8, 4) is 0 Å². The van der Waals surface area contributed by atoms with Crippen LogP contribution in [0.25, 0.3) is 0 Å². The number of aliphatic hydroxyl groups is 2. The molecule has 0 unspecified atom stereocenters. The third-order valence-corrected chi connectivity index (χ3v) is 9.05. The van der Waals surface area contributed by atoms with E-state index in [-0.39, 0.29) is 43.2 Å². The third kappa shape index (κ3) is 24.8. The van der Waals surface area contributed by atoms with Crippen molar-refractivity contribution in [1.29, 1.82) is 0 Å². The van der Waals surface area contributed by atoms with Crippen LogP contribution in [-0.4, -0.2) is 53.4 Å². The van der Waals surface area contributed by atoms with Gasteiger partial charge in [0.15, 0.2) is 5.78 Å². The minimum atomic E-state index is -1.03. The lowest BCUT2D eigenvalue weighted by molar-refractivity contribution is -0.152. The number of carbonyl (C=O) groups excluding carboxylic acids is 3. The number of ether oxygens (including phenoxy) is 2. The fourth-order valence-corrected chi connectivity index (χ4v) is 5.97. The minimum Gasteiger partial charge on any atom is -0.463 e. The largest absolute Gasteiger partial charge is 0.463 e. The summed E-state index contributed by atoms with van der Waals surface area (Å²) in [6.45, 7) is 6.37. The van der Waals surface area contributed by atoms with Crippen LogP contribution in [0.5, 0.6) is 0 Å². The molecule has 0 aliphatic heterocycles. The van der Waals surface area contributed by atoms with Crippen LogP contribution in [0.1, 0.15) is 162 Å². The summed E-state index contributed by atoms with van der Waals surface area (Å²) in [4.78, 5) is 36.3. The summed E-state index contributed by atoms with van der Waals surface area (Å²) in [6, 6.07) is 0. The summed E-state index contributed by atoms with van der Waals surface area (Å²) in [7, 11) is 0. The number of allylic oxidation sites excluding steroid dienone is 5. The standard InChI is InChI=1S/C41H70O7/c1-4-5-18-25-36(42)29-30-38-35(28-31-39(38)44)24-20-16-17-22-27-41(46)48-33-37(43)32-47-40(45)26-21-15-13-11-9-7-6-8-10-12-14-19-23-34(2)3/h16,20,28-31,34-38,42-43H,4-15,17-19,21-27,32-33H2,1-3H3/b20-16-,30-29+/t35-,36-,37+,38+/m0/s1. The van der Waals surface area contributed by atoms with Gasteiger partial charge in [0.25, 0.3) is 0 Å². The number of unbranched alkanes of at least 4 members (excludes halogenated alkanes) is 14. The van der Waals surface area contributed by atoms with E-state index in [1.807, 2.05) is 24.3 Å². The van der Waals surface area contributed by atoms with Crippen LogP contribution in [-0.2, 0) is 23.9 Å². The maximum Gasteiger partial charge on any atom is 0.305 e. The van der Waals surface area contributed by atoms with Crippen molar-refractivity contribution in [3.05, 3.63) is 36.5 Å². The molecular weight excluding hydrogens is 604 g/mol. The molecule has 0 saturated carbocycles. The second kappa shape index (κ2) is 29.6. The van der Waals surface area contributed by atoms with Gasteiger partial charge in [-0.2, -0.15) is 0 Å². The molecule has 48 heavy (non-hydrogen) atoms. The molecule has 4 atom stereocenters. The normalized spacial score (nSPS) is 17.6. The van der Waals surface area contributed by atoms with Gasteiger partial charge < -0.3 is 19.7 Å². The maximum absolute atomic E-state index is 12.3. The topological polar surface area (TPSA) is 110 Å². The molecule has 0 aromatic heterocycles. The number of esters is 2. The van der Waals surface area contributed by atoms with Crippen molar-refractivity contribution in [2.45, 2.75) is 174 Å². The Morgan fingerprint density at radius 2 is 1.29 bits per heavy atom. The predicted octanol–water partition coefficient (Wildman–Crippen LogP) is 9.54. The Morgan fingerprint density at radius 1 is 0.750 bits per heavy atom. The van der Waals surface area contributed by atoms with Gasteiger partial charge in [0.05, 0.1) is 6.10 Å². The molecule has 0 aromatic rings. The minimum absolute atomic E-state index is 0.0740. The van der Waals surface area contributed by atoms with Crippen molar-refractivity contribution in [3.63, 3.8) is 0 Å². The highest BCUT2D eigenvalue weighted by Gasteiger charge is 2.26. The summed E-state index contributed by atoms with van der Waals surface area (Å²) < 4.78 is 10.3. The van der Waals surface area contributed by atoms with Crippen LogP contribution >= 0.6 is 0 Å². The van der Waals surface area contributed by atoms with Crippen molar-refractivity contribution in [2.75, 3.05) is 13.2 Å². The van der Waals surface area contributed by atoms with Crippen molar-refractivity contribution >= 4 is 17.7 Å². The van der Waals surface area contributed by atoms with Crippen LogP contribution < -0.4 is 0 Å². The smallest absolute Gasteiger partial charge is 0.305 e. The first kappa shape index (κ1) is 43.8. The van der Waals surface area contributed by atoms with E-state index in [1.165, 1.54) is 64.2 Å². The molecule has 2 N–H and O–H groups in total. The van der Waals surface area contributed by atoms with Gasteiger partial charge in [-0.05, 0) is 50.0 Å². The first-order valence-electron chi connectivity index (χ1n) is 19.5. The van der Waals surface area contributed by atoms with E-state index < -0.39 is 18.2 Å². The molecule has 7 heteroatoms. The highest BCUT2D eigenvalue weighted by molar-refractivity contribution is 5.95. The zero-order valence-corrected chi connectivity index (χ0v) is 30.8. The lowest BCUT2D eigenvalue weighted by Crippen LogP contribution is -2.25. The average Bonchev–Trinajstić information content (AvgIpc) is 3.41. The predicted molar refractivity (Wildman–Crippen MR) is 195 cm³/mol. The van der Waals surface area contributed by atoms with Gasteiger partial charge in [-0.3, -0.25) is 14.4 Å². The summed E-state index contributed by atoms with van der Waals surface area (Å²) in [5.74, 6) is 0.0422. The molecule has 7 nitrogen and oxygen atoms in total. The number of ketones is 1. The molecule has 0 aromatic carbocycles. The average molecular weight is 675 g/mol. The number of aliphatic hydroxyl groups excluding tert-OH is 2. The van der Waals surface area contributed by atoms with Gasteiger partial charge in [-0.1, -0.05) is 147 Å². The first-order valence-corrected chi connectivity index (χ1v) is 19.5. The second-order valence-electron chi connectivity index (χ2n) is 14.2. The van der Waals surface area contributed by atoms with E-state index in [9.17, 15) is 24.6 Å². The molecule has 0 radical (unpaired) electrons. The van der Waals surface area contributed by atoms with Gasteiger partial charge in [0.2, 0.25) is 0 Å². The fourth-order valence-electron chi connectivity index (χ4n) is 5.97. The van der Waals surface area contributed by atoms with E-state index >= 15 is 0 Å². The molecule has 0 bridgehead atoms. The number of hydrogen-bond donors (Lipinski definition) is 2. The second-order valence-corrected chi connectivity index (χ2v) is 14.2. The van der Waals surface area contributed by atoms with E-state index in [1.54, 1.807) is 12.2 Å². The number of rotatable bonds is 31. The monoisotopic (exact) mass is 675 g/mol. The van der Waals surface area contributed by atoms with Gasteiger partial charge in [-0.25, -0.2) is 0 Å². The molecule has 1 aliphatic rings. The SMILES string of the molecule is CCCCC[C@H](O)/C=C/[C@H]1C(=O)C=C[C@@H]1C/C=C\CCCC(=O)OC[C@H](O)COC(=O)CCCCCCCCCCCCCCC(C)C. The van der Waals surface area contributed by atoms with E-state index in [4.69, 9.17) is 9.47 Å². The summed E-state index contributed by atoms with van der Waals surface area (Å²) in [5, 5.41) is 20.2. The van der Waals surface area contributed by atoms with Crippen molar-refractivity contribution in [1.82, 2.24) is 0 Å². The Bertz CT molecular complexity index is 922. The Balaban J connectivity index is 2.00. The van der Waals surface area contributed by atoms with Gasteiger partial charge in [-0.15, -0.1) is 0 Å². The van der Waals surface area contributed by atoms with Crippen molar-refractivity contribution < 1.29 is 34.1 Å². The maximum atomic E-state index is 12.3. The molecule has 1 rings (SSSR count). The molecule has 0 heterocycles. The van der Waals surface area contributed by atoms with Crippen LogP contribution in [0.15, 0.2) is 36.5 Å². The Hall–Kier alpha value is -2.25. The number of carbonyl (C=O) groups is 3. The molecular formula is C41H70O7. The number of hydrogen-bond acceptors (Lipinski definition) is 7. The fraction of sp³-hybridized carbons (Fsp3) is 0.780. The molecule has 0 saturated heterocycles. The molecule has 0 fully saturated rings. The van der Waals surface area contributed by atoms with E-state index in [0.717, 1.165) is 57.3 Å². The van der Waals surface area contributed by atoms with Crippen LogP contribution in [0, 0.1) is 17.8 Å². The highest BCUT2D eigenvalue weighted by Crippen LogP contribution is 2.27. The van der Waals surface area contributed by atoms with E-state index in [0.29, 0.717) is 19.3 Å². The van der Waals surface area contributed by atoms with Gasteiger partial charge in [0, 0.05) is 18.8 Å². The molecule has 0 amide bonds. The third-order valence-electron chi connectivity index (χ3n) is 9.05. The zero-order valence-electron chi connectivity index (χ0n) is 30.8. The zero-order chi connectivity index (χ0) is 35.2. The molecule has 0 spiro atoms. The summed E-state index contributed by atoms with van der Waals surface area (Å²) in [6.07, 6.45) is 32.5. The van der Waals surface area contributed by atoms with Gasteiger partial charge >= 0.3 is 11.9 Å². The lowest BCUT2D eigenvalue weighted by Gasteiger charge is -2.13. The molecule has 276 valence electrons. The van der Waals surface area contributed by atoms with Gasteiger partial charge in [0.1, 0.15) is 19.3 Å². The molecule has 1 aliphatic carbocycles. The highest BCUT2D eigenvalue weighted by atomic mass is 16.6.